The first-order valence-electron chi connectivity index (χ1n) is 12.2. The van der Waals surface area contributed by atoms with Crippen molar-refractivity contribution in [3.63, 3.8) is 0 Å². The number of benzene rings is 2. The first kappa shape index (κ1) is 25.2. The van der Waals surface area contributed by atoms with Crippen LogP contribution in [0.2, 0.25) is 0 Å². The number of rotatable bonds is 7. The molecule has 3 heterocycles. The number of aromatic nitrogens is 2. The van der Waals surface area contributed by atoms with Crippen LogP contribution in [0.1, 0.15) is 41.0 Å². The van der Waals surface area contributed by atoms with Gasteiger partial charge in [0.15, 0.2) is 5.11 Å². The topological polar surface area (TPSA) is 62.2 Å². The van der Waals surface area contributed by atoms with Crippen LogP contribution in [0.15, 0.2) is 89.7 Å². The molecule has 0 spiro atoms. The number of halogens is 1. The number of hydrogen-bond donors (Lipinski definition) is 2. The quantitative estimate of drug-likeness (QED) is 0.256. The maximum absolute atomic E-state index is 13.0. The van der Waals surface area contributed by atoms with Crippen LogP contribution in [-0.2, 0) is 4.79 Å². The Morgan fingerprint density at radius 3 is 2.73 bits per heavy atom. The standard InChI is InChI=1S/C29H28BrN5OS/c1-19-11-12-20(2)24(17-19)32-26(36)13-16-35-28(27(33-29(35)37)23-9-3-4-14-31-23)25-10-6-15-34(25)22-8-5-7-21(30)18-22/h3-12,14-15,17-18,27-28H,13,16H2,1-2H3,(H,32,36)(H,33,37)/t27-,28+/m0/s1. The molecule has 2 aromatic carbocycles. The summed E-state index contributed by atoms with van der Waals surface area (Å²) in [6.45, 7) is 4.49. The zero-order valence-corrected chi connectivity index (χ0v) is 23.1. The fraction of sp³-hybridized carbons (Fsp3) is 0.207. The van der Waals surface area contributed by atoms with Gasteiger partial charge >= 0.3 is 0 Å². The molecule has 0 saturated carbocycles. The molecule has 2 N–H and O–H groups in total. The largest absolute Gasteiger partial charge is 0.352 e. The molecule has 0 radical (unpaired) electrons. The number of nitrogens with zero attached hydrogens (tertiary/aromatic N) is 3. The lowest BCUT2D eigenvalue weighted by molar-refractivity contribution is -0.116. The minimum atomic E-state index is -0.156. The Kier molecular flexibility index (Phi) is 7.39. The van der Waals surface area contributed by atoms with Crippen molar-refractivity contribution in [1.82, 2.24) is 19.8 Å². The SMILES string of the molecule is Cc1ccc(C)c(NC(=O)CCN2C(=S)N[C@@H](c3ccccn3)[C@H]2c2cccn2-c2cccc(Br)c2)c1. The third-order valence-electron chi connectivity index (χ3n) is 6.61. The van der Waals surface area contributed by atoms with E-state index in [2.05, 4.69) is 65.4 Å². The third-order valence-corrected chi connectivity index (χ3v) is 7.46. The number of thiocarbonyl (C=S) groups is 1. The maximum atomic E-state index is 13.0. The summed E-state index contributed by atoms with van der Waals surface area (Å²) < 4.78 is 3.18. The van der Waals surface area contributed by atoms with Crippen molar-refractivity contribution in [1.29, 1.82) is 0 Å². The Labute approximate surface area is 230 Å². The van der Waals surface area contributed by atoms with Crippen LogP contribution in [0, 0.1) is 13.8 Å². The predicted molar refractivity (Wildman–Crippen MR) is 155 cm³/mol. The second-order valence-corrected chi connectivity index (χ2v) is 10.5. The van der Waals surface area contributed by atoms with Crippen LogP contribution in [0.4, 0.5) is 5.69 Å². The molecule has 1 fully saturated rings. The van der Waals surface area contributed by atoms with Gasteiger partial charge in [-0.25, -0.2) is 0 Å². The molecule has 6 nitrogen and oxygen atoms in total. The molecular weight excluding hydrogens is 546 g/mol. The van der Waals surface area contributed by atoms with Crippen LogP contribution >= 0.6 is 28.1 Å². The summed E-state index contributed by atoms with van der Waals surface area (Å²) in [5, 5.41) is 7.17. The number of pyridine rings is 1. The summed E-state index contributed by atoms with van der Waals surface area (Å²) in [6, 6.07) is 24.0. The summed E-state index contributed by atoms with van der Waals surface area (Å²) in [4.78, 5) is 19.7. The average molecular weight is 575 g/mol. The number of hydrogen-bond acceptors (Lipinski definition) is 3. The lowest BCUT2D eigenvalue weighted by atomic mass is 10.0. The number of anilines is 1. The Bertz CT molecular complexity index is 1440. The highest BCUT2D eigenvalue weighted by Crippen LogP contribution is 2.39. The molecule has 188 valence electrons. The van der Waals surface area contributed by atoms with Crippen LogP contribution < -0.4 is 10.6 Å². The summed E-state index contributed by atoms with van der Waals surface area (Å²) in [6.07, 6.45) is 4.16. The van der Waals surface area contributed by atoms with E-state index in [9.17, 15) is 4.79 Å². The molecule has 5 rings (SSSR count). The van der Waals surface area contributed by atoms with E-state index < -0.39 is 0 Å². The highest BCUT2D eigenvalue weighted by atomic mass is 79.9. The number of amides is 1. The first-order valence-corrected chi connectivity index (χ1v) is 13.4. The van der Waals surface area contributed by atoms with Crippen molar-refractivity contribution in [2.75, 3.05) is 11.9 Å². The monoisotopic (exact) mass is 573 g/mol. The van der Waals surface area contributed by atoms with E-state index in [1.807, 2.05) is 68.4 Å². The van der Waals surface area contributed by atoms with Gasteiger partial charge in [-0.1, -0.05) is 40.2 Å². The van der Waals surface area contributed by atoms with Gasteiger partial charge in [-0.05, 0) is 85.7 Å². The zero-order chi connectivity index (χ0) is 25.9. The first-order chi connectivity index (χ1) is 17.9. The summed E-state index contributed by atoms with van der Waals surface area (Å²) in [7, 11) is 0. The second kappa shape index (κ2) is 10.9. The van der Waals surface area contributed by atoms with E-state index in [1.54, 1.807) is 6.20 Å². The van der Waals surface area contributed by atoms with E-state index in [1.165, 1.54) is 0 Å². The number of nitrogens with one attached hydrogen (secondary N) is 2. The van der Waals surface area contributed by atoms with Crippen molar-refractivity contribution in [2.45, 2.75) is 32.4 Å². The van der Waals surface area contributed by atoms with Gasteiger partial charge in [-0.2, -0.15) is 0 Å². The van der Waals surface area contributed by atoms with Crippen molar-refractivity contribution in [2.24, 2.45) is 0 Å². The van der Waals surface area contributed by atoms with Crippen LogP contribution in [-0.4, -0.2) is 32.0 Å². The van der Waals surface area contributed by atoms with Crippen LogP contribution in [0.3, 0.4) is 0 Å². The lowest BCUT2D eigenvalue weighted by Crippen LogP contribution is -2.33. The molecule has 1 aliphatic rings. The Morgan fingerprint density at radius 1 is 1.08 bits per heavy atom. The maximum Gasteiger partial charge on any atom is 0.226 e. The van der Waals surface area contributed by atoms with Gasteiger partial charge in [0, 0.05) is 46.9 Å². The number of carbonyl (C=O) groups is 1. The summed E-state index contributed by atoms with van der Waals surface area (Å²) in [5.74, 6) is -0.0427. The molecule has 0 unspecified atom stereocenters. The molecule has 0 bridgehead atoms. The highest BCUT2D eigenvalue weighted by molar-refractivity contribution is 9.10. The Morgan fingerprint density at radius 2 is 1.95 bits per heavy atom. The summed E-state index contributed by atoms with van der Waals surface area (Å²) >= 11 is 9.40. The zero-order valence-electron chi connectivity index (χ0n) is 20.7. The van der Waals surface area contributed by atoms with Crippen molar-refractivity contribution in [3.8, 4) is 5.69 Å². The number of aryl methyl sites for hydroxylation is 2. The van der Waals surface area contributed by atoms with E-state index in [0.717, 1.165) is 38.4 Å². The van der Waals surface area contributed by atoms with E-state index in [0.29, 0.717) is 18.1 Å². The highest BCUT2D eigenvalue weighted by Gasteiger charge is 2.41. The van der Waals surface area contributed by atoms with Crippen molar-refractivity contribution >= 4 is 44.9 Å². The molecular formula is C29H28BrN5OS. The van der Waals surface area contributed by atoms with Crippen molar-refractivity contribution < 1.29 is 4.79 Å². The smallest absolute Gasteiger partial charge is 0.226 e. The normalized spacial score (nSPS) is 17.1. The average Bonchev–Trinajstić information content (AvgIpc) is 3.49. The molecule has 1 saturated heterocycles. The minimum absolute atomic E-state index is 0.0427. The van der Waals surface area contributed by atoms with E-state index in [-0.39, 0.29) is 18.0 Å². The molecule has 37 heavy (non-hydrogen) atoms. The fourth-order valence-electron chi connectivity index (χ4n) is 4.77. The lowest BCUT2D eigenvalue weighted by Gasteiger charge is -2.29. The van der Waals surface area contributed by atoms with Gasteiger partial charge in [0.2, 0.25) is 5.91 Å². The fourth-order valence-corrected chi connectivity index (χ4v) is 5.49. The molecule has 2 aromatic heterocycles. The number of carbonyl (C=O) groups excluding carboxylic acids is 1. The van der Waals surface area contributed by atoms with Crippen LogP contribution in [0.25, 0.3) is 5.69 Å². The van der Waals surface area contributed by atoms with Gasteiger partial charge in [0.05, 0.1) is 17.8 Å². The Hall–Kier alpha value is -3.49. The van der Waals surface area contributed by atoms with E-state index >= 15 is 0 Å². The Balaban J connectivity index is 1.44. The molecule has 1 aliphatic heterocycles. The second-order valence-electron chi connectivity index (χ2n) is 9.22. The van der Waals surface area contributed by atoms with Gasteiger partial charge in [0.25, 0.3) is 0 Å². The molecule has 8 heteroatoms. The molecule has 1 amide bonds. The molecule has 0 aliphatic carbocycles. The minimum Gasteiger partial charge on any atom is -0.352 e. The van der Waals surface area contributed by atoms with Crippen LogP contribution in [0.5, 0.6) is 0 Å². The van der Waals surface area contributed by atoms with E-state index in [4.69, 9.17) is 12.2 Å². The van der Waals surface area contributed by atoms with Gasteiger partial charge < -0.3 is 20.1 Å². The van der Waals surface area contributed by atoms with Gasteiger partial charge in [-0.3, -0.25) is 9.78 Å². The van der Waals surface area contributed by atoms with Gasteiger partial charge in [0.1, 0.15) is 0 Å². The predicted octanol–water partition coefficient (Wildman–Crippen LogP) is 6.25. The molecule has 2 atom stereocenters. The van der Waals surface area contributed by atoms with Crippen molar-refractivity contribution in [3.05, 3.63) is 112 Å². The third kappa shape index (κ3) is 5.45. The molecule has 4 aromatic rings. The summed E-state index contributed by atoms with van der Waals surface area (Å²) in [5.41, 5.74) is 6.00. The van der Waals surface area contributed by atoms with Gasteiger partial charge in [-0.15, -0.1) is 0 Å².